The topological polar surface area (TPSA) is 140 Å². The van der Waals surface area contributed by atoms with Gasteiger partial charge in [-0.3, -0.25) is 9.59 Å². The molecule has 3 aromatic heterocycles. The van der Waals surface area contributed by atoms with E-state index in [0.717, 1.165) is 0 Å². The van der Waals surface area contributed by atoms with E-state index in [9.17, 15) is 18.8 Å². The molecule has 1 aliphatic rings. The molecule has 0 aromatic carbocycles. The predicted molar refractivity (Wildman–Crippen MR) is 134 cm³/mol. The van der Waals surface area contributed by atoms with Crippen molar-refractivity contribution in [2.45, 2.75) is 51.9 Å². The number of piperidine rings is 1. The van der Waals surface area contributed by atoms with Crippen molar-refractivity contribution in [3.63, 3.8) is 0 Å². The molecule has 0 saturated carbocycles. The number of carbonyl (C=O) groups is 3. The summed E-state index contributed by atoms with van der Waals surface area (Å²) < 4.78 is 20.0. The van der Waals surface area contributed by atoms with Crippen LogP contribution in [0.2, 0.25) is 0 Å². The molecular weight excluding hydrogens is 487 g/mol. The number of aromatic nitrogens is 3. The van der Waals surface area contributed by atoms with Crippen molar-refractivity contribution in [2.75, 3.05) is 18.4 Å². The number of halogens is 1. The van der Waals surface area contributed by atoms with Crippen LogP contribution >= 0.6 is 11.3 Å². The normalized spacial score (nSPS) is 18.2. The fourth-order valence-electron chi connectivity index (χ4n) is 3.93. The molecule has 2 amide bonds. The van der Waals surface area contributed by atoms with Crippen LogP contribution < -0.4 is 11.1 Å². The van der Waals surface area contributed by atoms with E-state index in [2.05, 4.69) is 20.3 Å². The molecule has 1 fully saturated rings. The quantitative estimate of drug-likeness (QED) is 0.490. The highest BCUT2D eigenvalue weighted by atomic mass is 32.1. The zero-order valence-electron chi connectivity index (χ0n) is 20.4. The Bertz CT molecular complexity index is 1340. The third-order valence-corrected chi connectivity index (χ3v) is 6.66. The highest BCUT2D eigenvalue weighted by molar-refractivity contribution is 7.17. The van der Waals surface area contributed by atoms with Gasteiger partial charge in [-0.05, 0) is 45.9 Å². The van der Waals surface area contributed by atoms with E-state index in [0.29, 0.717) is 15.4 Å². The number of fused-ring (bicyclic) bond motifs is 1. The van der Waals surface area contributed by atoms with Gasteiger partial charge in [0.2, 0.25) is 0 Å². The number of rotatable bonds is 5. The molecule has 36 heavy (non-hydrogen) atoms. The molecular formula is C24H27FN6O4S. The van der Waals surface area contributed by atoms with Gasteiger partial charge in [-0.25, -0.2) is 24.1 Å². The van der Waals surface area contributed by atoms with Crippen molar-refractivity contribution in [3.8, 4) is 10.6 Å². The second kappa shape index (κ2) is 9.76. The Morgan fingerprint density at radius 3 is 2.58 bits per heavy atom. The summed E-state index contributed by atoms with van der Waals surface area (Å²) in [6, 6.07) is 4.46. The number of thiophene rings is 1. The molecule has 0 bridgehead atoms. The van der Waals surface area contributed by atoms with Crippen LogP contribution in [0.4, 0.5) is 15.0 Å². The van der Waals surface area contributed by atoms with E-state index < -0.39 is 29.8 Å². The van der Waals surface area contributed by atoms with Crippen LogP contribution in [0.15, 0.2) is 24.5 Å². The minimum Gasteiger partial charge on any atom is -0.444 e. The molecule has 0 aliphatic carbocycles. The summed E-state index contributed by atoms with van der Waals surface area (Å²) in [5.74, 6) is -0.509. The van der Waals surface area contributed by atoms with Crippen LogP contribution in [0.25, 0.3) is 21.6 Å². The summed E-state index contributed by atoms with van der Waals surface area (Å²) in [7, 11) is 0. The summed E-state index contributed by atoms with van der Waals surface area (Å²) in [6.07, 6.45) is -0.462. The average Bonchev–Trinajstić information content (AvgIpc) is 3.28. The molecule has 0 radical (unpaired) electrons. The molecule has 0 unspecified atom stereocenters. The van der Waals surface area contributed by atoms with E-state index in [1.165, 1.54) is 35.6 Å². The Hall–Kier alpha value is -3.67. The lowest BCUT2D eigenvalue weighted by Gasteiger charge is -2.36. The SMILES string of the molecule is CC(=O)c1ccc(-c2cc(C(N)=O)c3ncnc(N[C@H]4C[C@H](F)CN(C(=O)OC(C)(C)C)C4)c3n2)s1. The molecule has 0 spiro atoms. The lowest BCUT2D eigenvalue weighted by Crippen LogP contribution is -2.51. The number of amides is 2. The first-order valence-corrected chi connectivity index (χ1v) is 12.2. The first-order valence-electron chi connectivity index (χ1n) is 11.4. The number of primary amides is 1. The van der Waals surface area contributed by atoms with E-state index in [4.69, 9.17) is 10.5 Å². The Morgan fingerprint density at radius 2 is 1.94 bits per heavy atom. The van der Waals surface area contributed by atoms with Crippen LogP contribution in [-0.4, -0.2) is 68.5 Å². The number of hydrogen-bond acceptors (Lipinski definition) is 9. The van der Waals surface area contributed by atoms with Crippen molar-refractivity contribution >= 4 is 46.0 Å². The average molecular weight is 515 g/mol. The lowest BCUT2D eigenvalue weighted by atomic mass is 10.0. The van der Waals surface area contributed by atoms with E-state index in [1.54, 1.807) is 32.9 Å². The number of ether oxygens (including phenoxy) is 1. The molecule has 10 nitrogen and oxygen atoms in total. The second-order valence-electron chi connectivity index (χ2n) is 9.62. The number of likely N-dealkylation sites (tertiary alicyclic amines) is 1. The number of nitrogens with two attached hydrogens (primary N) is 1. The maximum Gasteiger partial charge on any atom is 0.410 e. The number of anilines is 1. The molecule has 190 valence electrons. The molecule has 3 aromatic rings. The van der Waals surface area contributed by atoms with Gasteiger partial charge >= 0.3 is 6.09 Å². The van der Waals surface area contributed by atoms with Crippen LogP contribution in [0.1, 0.15) is 54.1 Å². The number of ketones is 1. The summed E-state index contributed by atoms with van der Waals surface area (Å²) >= 11 is 1.24. The third kappa shape index (κ3) is 5.59. The Kier molecular flexibility index (Phi) is 6.90. The lowest BCUT2D eigenvalue weighted by molar-refractivity contribution is 0.0124. The number of alkyl halides is 1. The minimum atomic E-state index is -1.27. The maximum absolute atomic E-state index is 14.6. The molecule has 12 heteroatoms. The predicted octanol–water partition coefficient (Wildman–Crippen LogP) is 3.81. The van der Waals surface area contributed by atoms with Gasteiger partial charge in [0, 0.05) is 19.0 Å². The fourth-order valence-corrected chi connectivity index (χ4v) is 4.80. The summed E-state index contributed by atoms with van der Waals surface area (Å²) in [4.78, 5) is 52.2. The number of Topliss-reactive ketones (excluding diaryl/α,β-unsaturated/α-hetero) is 1. The molecule has 3 N–H and O–H groups in total. The number of hydrogen-bond donors (Lipinski definition) is 2. The third-order valence-electron chi connectivity index (χ3n) is 5.45. The Balaban J connectivity index is 1.69. The van der Waals surface area contributed by atoms with Crippen LogP contribution in [0.3, 0.4) is 0 Å². The van der Waals surface area contributed by atoms with Crippen molar-refractivity contribution in [3.05, 3.63) is 35.0 Å². The summed E-state index contributed by atoms with van der Waals surface area (Å²) in [5.41, 5.74) is 6.00. The van der Waals surface area contributed by atoms with Gasteiger partial charge in [0.05, 0.1) is 27.6 Å². The molecule has 1 aliphatic heterocycles. The van der Waals surface area contributed by atoms with E-state index in [1.807, 2.05) is 0 Å². The van der Waals surface area contributed by atoms with Gasteiger partial charge in [-0.1, -0.05) is 0 Å². The van der Waals surface area contributed by atoms with Gasteiger partial charge in [0.25, 0.3) is 5.91 Å². The van der Waals surface area contributed by atoms with Crippen molar-refractivity contribution in [1.29, 1.82) is 0 Å². The highest BCUT2D eigenvalue weighted by Crippen LogP contribution is 2.32. The summed E-state index contributed by atoms with van der Waals surface area (Å²) in [5, 5.41) is 3.16. The molecule has 4 heterocycles. The second-order valence-corrected chi connectivity index (χ2v) is 10.7. The zero-order chi connectivity index (χ0) is 26.2. The van der Waals surface area contributed by atoms with Crippen LogP contribution in [-0.2, 0) is 4.74 Å². The van der Waals surface area contributed by atoms with Crippen molar-refractivity contribution < 1.29 is 23.5 Å². The van der Waals surface area contributed by atoms with Gasteiger partial charge < -0.3 is 20.7 Å². The number of pyridine rings is 1. The minimum absolute atomic E-state index is 0.0668. The molecule has 4 rings (SSSR count). The molecule has 2 atom stereocenters. The van der Waals surface area contributed by atoms with Crippen molar-refractivity contribution in [1.82, 2.24) is 19.9 Å². The first kappa shape index (κ1) is 25.4. The molecule has 1 saturated heterocycles. The fraction of sp³-hybridized carbons (Fsp3) is 0.417. The number of carbonyl (C=O) groups excluding carboxylic acids is 3. The van der Waals surface area contributed by atoms with Gasteiger partial charge in [0.1, 0.15) is 29.1 Å². The Morgan fingerprint density at radius 1 is 1.19 bits per heavy atom. The highest BCUT2D eigenvalue weighted by Gasteiger charge is 2.33. The number of nitrogens with one attached hydrogen (secondary N) is 1. The van der Waals surface area contributed by atoms with Gasteiger partial charge in [-0.2, -0.15) is 0 Å². The smallest absolute Gasteiger partial charge is 0.410 e. The summed E-state index contributed by atoms with van der Waals surface area (Å²) in [6.45, 7) is 6.83. The first-order chi connectivity index (χ1) is 16.9. The van der Waals surface area contributed by atoms with E-state index in [-0.39, 0.29) is 47.7 Å². The van der Waals surface area contributed by atoms with Gasteiger partial charge in [0.15, 0.2) is 11.6 Å². The standard InChI is InChI=1S/C24H27FN6O4S/c1-12(32)17-5-6-18(36-17)16-8-15(21(26)33)19-20(30-16)22(28-11-27-19)29-14-7-13(25)9-31(10-14)23(34)35-24(2,3)4/h5-6,8,11,13-14H,7,9-10H2,1-4H3,(H2,26,33)(H,27,28,29)/t13-,14-/m0/s1. The van der Waals surface area contributed by atoms with Gasteiger partial charge in [-0.15, -0.1) is 11.3 Å². The maximum atomic E-state index is 14.6. The largest absolute Gasteiger partial charge is 0.444 e. The van der Waals surface area contributed by atoms with Crippen molar-refractivity contribution in [2.24, 2.45) is 5.73 Å². The number of nitrogens with zero attached hydrogens (tertiary/aromatic N) is 4. The Labute approximate surface area is 211 Å². The van der Waals surface area contributed by atoms with Crippen LogP contribution in [0.5, 0.6) is 0 Å². The monoisotopic (exact) mass is 514 g/mol. The van der Waals surface area contributed by atoms with E-state index >= 15 is 0 Å². The van der Waals surface area contributed by atoms with Crippen LogP contribution in [0, 0.1) is 0 Å². The zero-order valence-corrected chi connectivity index (χ0v) is 21.2.